The van der Waals surface area contributed by atoms with E-state index in [4.69, 9.17) is 11.6 Å². The predicted molar refractivity (Wildman–Crippen MR) is 147 cm³/mol. The third kappa shape index (κ3) is 7.54. The summed E-state index contributed by atoms with van der Waals surface area (Å²) in [5.41, 5.74) is 0.526. The third-order valence-corrected chi connectivity index (χ3v) is 8.08. The molecule has 208 valence electrons. The summed E-state index contributed by atoms with van der Waals surface area (Å²) >= 11 is 5.96. The highest BCUT2D eigenvalue weighted by atomic mass is 35.5. The van der Waals surface area contributed by atoms with Gasteiger partial charge < -0.3 is 10.2 Å². The molecule has 0 aliphatic heterocycles. The van der Waals surface area contributed by atoms with Crippen molar-refractivity contribution < 1.29 is 26.8 Å². The summed E-state index contributed by atoms with van der Waals surface area (Å²) in [4.78, 5) is 28.1. The van der Waals surface area contributed by atoms with Crippen LogP contribution in [0.3, 0.4) is 0 Å². The van der Waals surface area contributed by atoms with Crippen molar-refractivity contribution in [2.45, 2.75) is 44.2 Å². The van der Waals surface area contributed by atoms with Gasteiger partial charge in [-0.2, -0.15) is 0 Å². The molecule has 0 unspecified atom stereocenters. The fourth-order valence-corrected chi connectivity index (χ4v) is 5.56. The van der Waals surface area contributed by atoms with Crippen LogP contribution < -0.4 is 9.62 Å². The zero-order valence-corrected chi connectivity index (χ0v) is 23.2. The fraction of sp³-hybridized carbons (Fsp3) is 0.286. The third-order valence-electron chi connectivity index (χ3n) is 6.00. The zero-order chi connectivity index (χ0) is 28.6. The molecule has 0 saturated carbocycles. The second kappa shape index (κ2) is 13.5. The second-order valence-electron chi connectivity index (χ2n) is 8.79. The van der Waals surface area contributed by atoms with E-state index in [1.165, 1.54) is 59.5 Å². The first-order chi connectivity index (χ1) is 18.6. The van der Waals surface area contributed by atoms with E-state index in [9.17, 15) is 26.8 Å². The summed E-state index contributed by atoms with van der Waals surface area (Å²) in [7, 11) is -4.30. The maximum absolute atomic E-state index is 13.9. The molecule has 39 heavy (non-hydrogen) atoms. The second-order valence-corrected chi connectivity index (χ2v) is 11.1. The number of nitrogens with zero attached hydrogens (tertiary/aromatic N) is 2. The van der Waals surface area contributed by atoms with Gasteiger partial charge in [-0.1, -0.05) is 55.8 Å². The SMILES string of the molecule is CCCNC(=O)[C@@H](CC)N(Cc1ccc(F)cc1)C(=O)CN(c1ccc(F)c(Cl)c1)S(=O)(=O)c1ccccc1. The Balaban J connectivity index is 2.06. The molecule has 2 amide bonds. The Kier molecular flexibility index (Phi) is 10.4. The number of carbonyl (C=O) groups excluding carboxylic acids is 2. The van der Waals surface area contributed by atoms with Gasteiger partial charge in [0.2, 0.25) is 11.8 Å². The fourth-order valence-electron chi connectivity index (χ4n) is 3.96. The van der Waals surface area contributed by atoms with Crippen LogP contribution in [0.1, 0.15) is 32.3 Å². The smallest absolute Gasteiger partial charge is 0.264 e. The Labute approximate surface area is 232 Å². The van der Waals surface area contributed by atoms with Crippen molar-refractivity contribution in [2.24, 2.45) is 0 Å². The van der Waals surface area contributed by atoms with Crippen molar-refractivity contribution in [1.29, 1.82) is 0 Å². The lowest BCUT2D eigenvalue weighted by Gasteiger charge is -2.33. The number of carbonyl (C=O) groups is 2. The molecule has 0 bridgehead atoms. The monoisotopic (exact) mass is 577 g/mol. The average molecular weight is 578 g/mol. The van der Waals surface area contributed by atoms with Crippen LogP contribution in [-0.2, 0) is 26.2 Å². The van der Waals surface area contributed by atoms with Crippen LogP contribution in [0, 0.1) is 11.6 Å². The van der Waals surface area contributed by atoms with E-state index in [-0.39, 0.29) is 28.6 Å². The Morgan fingerprint density at radius 2 is 1.64 bits per heavy atom. The molecular formula is C28H30ClF2N3O4S. The van der Waals surface area contributed by atoms with Crippen LogP contribution in [0.5, 0.6) is 0 Å². The number of hydrogen-bond acceptors (Lipinski definition) is 4. The Morgan fingerprint density at radius 1 is 0.974 bits per heavy atom. The van der Waals surface area contributed by atoms with Gasteiger partial charge in [0.25, 0.3) is 10.0 Å². The quantitative estimate of drug-likeness (QED) is 0.323. The molecule has 0 aliphatic rings. The Hall–Kier alpha value is -3.50. The van der Waals surface area contributed by atoms with Gasteiger partial charge in [0.05, 0.1) is 15.6 Å². The molecule has 0 saturated heterocycles. The molecule has 7 nitrogen and oxygen atoms in total. The molecular weight excluding hydrogens is 548 g/mol. The van der Waals surface area contributed by atoms with Gasteiger partial charge in [0, 0.05) is 13.1 Å². The van der Waals surface area contributed by atoms with Crippen LogP contribution in [0.4, 0.5) is 14.5 Å². The maximum atomic E-state index is 13.9. The normalized spacial score (nSPS) is 12.0. The van der Waals surface area contributed by atoms with E-state index in [1.54, 1.807) is 13.0 Å². The van der Waals surface area contributed by atoms with Crippen molar-refractivity contribution in [1.82, 2.24) is 10.2 Å². The van der Waals surface area contributed by atoms with Crippen LogP contribution >= 0.6 is 11.6 Å². The lowest BCUT2D eigenvalue weighted by molar-refractivity contribution is -0.140. The van der Waals surface area contributed by atoms with Crippen molar-refractivity contribution in [3.8, 4) is 0 Å². The molecule has 1 N–H and O–H groups in total. The highest BCUT2D eigenvalue weighted by molar-refractivity contribution is 7.92. The number of rotatable bonds is 12. The lowest BCUT2D eigenvalue weighted by atomic mass is 10.1. The van der Waals surface area contributed by atoms with E-state index in [0.29, 0.717) is 18.5 Å². The Bertz CT molecular complexity index is 1390. The van der Waals surface area contributed by atoms with Crippen LogP contribution in [-0.4, -0.2) is 44.3 Å². The van der Waals surface area contributed by atoms with Gasteiger partial charge in [-0.05, 0) is 60.9 Å². The van der Waals surface area contributed by atoms with Gasteiger partial charge in [0.1, 0.15) is 24.2 Å². The van der Waals surface area contributed by atoms with E-state index in [1.807, 2.05) is 6.92 Å². The minimum Gasteiger partial charge on any atom is -0.354 e. The van der Waals surface area contributed by atoms with Crippen molar-refractivity contribution in [3.63, 3.8) is 0 Å². The topological polar surface area (TPSA) is 86.8 Å². The largest absolute Gasteiger partial charge is 0.354 e. The first-order valence-electron chi connectivity index (χ1n) is 12.4. The summed E-state index contributed by atoms with van der Waals surface area (Å²) in [6, 6.07) is 15.4. The van der Waals surface area contributed by atoms with Gasteiger partial charge >= 0.3 is 0 Å². The molecule has 0 aromatic heterocycles. The molecule has 0 spiro atoms. The molecule has 3 rings (SSSR count). The van der Waals surface area contributed by atoms with Gasteiger partial charge in [-0.25, -0.2) is 17.2 Å². The summed E-state index contributed by atoms with van der Waals surface area (Å²) in [5, 5.41) is 2.47. The highest BCUT2D eigenvalue weighted by Gasteiger charge is 2.33. The first-order valence-corrected chi connectivity index (χ1v) is 14.2. The minimum absolute atomic E-state index is 0.0242. The predicted octanol–water partition coefficient (Wildman–Crippen LogP) is 5.15. The van der Waals surface area contributed by atoms with E-state index >= 15 is 0 Å². The number of hydrogen-bond donors (Lipinski definition) is 1. The Morgan fingerprint density at radius 3 is 2.23 bits per heavy atom. The standard InChI is InChI=1S/C28H30ClF2N3O4S/c1-3-16-32-28(36)26(4-2)33(18-20-10-12-21(30)13-11-20)27(35)19-34(22-14-15-25(31)24(29)17-22)39(37,38)23-8-6-5-7-9-23/h5-15,17,26H,3-4,16,18-19H2,1-2H3,(H,32,36)/t26-/m1/s1. The number of halogens is 3. The molecule has 3 aromatic carbocycles. The lowest BCUT2D eigenvalue weighted by Crippen LogP contribution is -2.52. The maximum Gasteiger partial charge on any atom is 0.264 e. The van der Waals surface area contributed by atoms with Crippen LogP contribution in [0.15, 0.2) is 77.7 Å². The molecule has 0 aliphatic carbocycles. The molecule has 11 heteroatoms. The first kappa shape index (κ1) is 30.0. The van der Waals surface area contributed by atoms with E-state index in [0.717, 1.165) is 16.4 Å². The van der Waals surface area contributed by atoms with Crippen LogP contribution in [0.25, 0.3) is 0 Å². The van der Waals surface area contributed by atoms with Crippen molar-refractivity contribution in [2.75, 3.05) is 17.4 Å². The van der Waals surface area contributed by atoms with E-state index < -0.39 is 46.1 Å². The summed E-state index contributed by atoms with van der Waals surface area (Å²) < 4.78 is 55.7. The number of sulfonamides is 1. The summed E-state index contributed by atoms with van der Waals surface area (Å²) in [5.74, 6) is -2.28. The average Bonchev–Trinajstić information content (AvgIpc) is 2.93. The number of nitrogens with one attached hydrogen (secondary N) is 1. The number of benzene rings is 3. The van der Waals surface area contributed by atoms with E-state index in [2.05, 4.69) is 5.32 Å². The van der Waals surface area contributed by atoms with Gasteiger partial charge in [-0.3, -0.25) is 13.9 Å². The van der Waals surface area contributed by atoms with Crippen molar-refractivity contribution in [3.05, 3.63) is 95.0 Å². The molecule has 0 heterocycles. The van der Waals surface area contributed by atoms with Gasteiger partial charge in [0.15, 0.2) is 0 Å². The molecule has 0 fully saturated rings. The summed E-state index contributed by atoms with van der Waals surface area (Å²) in [6.45, 7) is 3.26. The van der Waals surface area contributed by atoms with Crippen molar-refractivity contribution >= 4 is 39.1 Å². The summed E-state index contributed by atoms with van der Waals surface area (Å²) in [6.07, 6.45) is 0.929. The number of amides is 2. The molecule has 3 aromatic rings. The highest BCUT2D eigenvalue weighted by Crippen LogP contribution is 2.28. The van der Waals surface area contributed by atoms with Gasteiger partial charge in [-0.15, -0.1) is 0 Å². The number of anilines is 1. The zero-order valence-electron chi connectivity index (χ0n) is 21.6. The molecule has 1 atom stereocenters. The van der Waals surface area contributed by atoms with Crippen LogP contribution in [0.2, 0.25) is 5.02 Å². The minimum atomic E-state index is -4.30. The molecule has 0 radical (unpaired) electrons.